The van der Waals surface area contributed by atoms with Crippen molar-refractivity contribution in [3.05, 3.63) is 45.2 Å². The molecule has 9 nitrogen and oxygen atoms in total. The quantitative estimate of drug-likeness (QED) is 0.310. The fraction of sp³-hybridized carbons (Fsp3) is 0.562. The summed E-state index contributed by atoms with van der Waals surface area (Å²) >= 11 is 0. The standard InChI is InChI=1S/C15H24O.CH4N2O.NO3.H3N/c1-2-3-4-5-6-7-8-11-14-12-9-10-13-15(14)16;2*2-1(3)4;/h9-10,12-13,16H,2-8,11H2,1H3;(H4,2,3,4);;1H3/q;;-1;/p+1. The normalized spacial score (nSPS) is 8.68. The molecule has 0 aliphatic rings. The van der Waals surface area contributed by atoms with Crippen LogP contribution in [0.1, 0.15) is 57.4 Å². The molecule has 2 amide bonds. The highest BCUT2D eigenvalue weighted by Gasteiger charge is 1.98. The first-order valence-electron chi connectivity index (χ1n) is 7.94. The molecule has 25 heavy (non-hydrogen) atoms. The molecule has 0 fully saturated rings. The Hall–Kier alpha value is -2.55. The molecule has 1 aromatic carbocycles. The van der Waals surface area contributed by atoms with Crippen molar-refractivity contribution < 1.29 is 15.0 Å². The molecule has 0 aliphatic carbocycles. The minimum absolute atomic E-state index is 0. The monoisotopic (exact) mass is 360 g/mol. The van der Waals surface area contributed by atoms with E-state index in [1.165, 1.54) is 44.9 Å². The number of rotatable bonds is 8. The number of nitrogens with two attached hydrogens (primary N) is 2. The van der Waals surface area contributed by atoms with E-state index in [9.17, 15) is 5.11 Å². The molecule has 0 heterocycles. The smallest absolute Gasteiger partial charge is 0.309 e. The summed E-state index contributed by atoms with van der Waals surface area (Å²) in [5, 5.41) is 24.3. The van der Waals surface area contributed by atoms with Crippen molar-refractivity contribution in [3.63, 3.8) is 0 Å². The second-order valence-corrected chi connectivity index (χ2v) is 5.13. The molecular weight excluding hydrogens is 328 g/mol. The molecule has 0 spiro atoms. The number of nitrogens with zero attached hydrogens (tertiary/aromatic N) is 1. The number of hydrogen-bond donors (Lipinski definition) is 4. The molecule has 1 rings (SSSR count). The lowest BCUT2D eigenvalue weighted by molar-refractivity contribution is -0.402. The SMILES string of the molecule is CCCCCCCCCc1ccccc1O.NC(N)=O.O=[N+]([O-])[O-].[NH4+]. The third-order valence-corrected chi connectivity index (χ3v) is 3.04. The molecule has 0 saturated heterocycles. The molecule has 0 saturated carbocycles. The number of phenolic OH excluding ortho intramolecular Hbond substituents is 1. The van der Waals surface area contributed by atoms with Gasteiger partial charge in [0.2, 0.25) is 0 Å². The maximum Gasteiger partial charge on any atom is 0.309 e. The first kappa shape index (κ1) is 27.3. The first-order valence-corrected chi connectivity index (χ1v) is 7.94. The largest absolute Gasteiger partial charge is 0.508 e. The van der Waals surface area contributed by atoms with Crippen LogP contribution in [0.3, 0.4) is 0 Å². The van der Waals surface area contributed by atoms with Gasteiger partial charge in [-0.2, -0.15) is 0 Å². The van der Waals surface area contributed by atoms with E-state index in [1.54, 1.807) is 6.07 Å². The zero-order valence-electron chi connectivity index (χ0n) is 15.1. The predicted octanol–water partition coefficient (Wildman–Crippen LogP) is 3.85. The first-order chi connectivity index (χ1) is 11.3. The highest BCUT2D eigenvalue weighted by molar-refractivity contribution is 5.69. The summed E-state index contributed by atoms with van der Waals surface area (Å²) in [5.41, 5.74) is 9.59. The van der Waals surface area contributed by atoms with Gasteiger partial charge in [0.05, 0.1) is 5.09 Å². The number of para-hydroxylation sites is 1. The van der Waals surface area contributed by atoms with Gasteiger partial charge in [-0.25, -0.2) is 4.79 Å². The Morgan fingerprint density at radius 3 is 1.88 bits per heavy atom. The zero-order chi connectivity index (χ0) is 18.8. The van der Waals surface area contributed by atoms with Crippen LogP contribution in [0, 0.1) is 15.3 Å². The summed E-state index contributed by atoms with van der Waals surface area (Å²) in [4.78, 5) is 17.2. The number of aromatic hydroxyl groups is 1. The summed E-state index contributed by atoms with van der Waals surface area (Å²) in [6, 6.07) is 6.84. The number of quaternary nitrogens is 1. The molecule has 0 unspecified atom stereocenters. The third kappa shape index (κ3) is 26.6. The number of aryl methyl sites for hydroxylation is 1. The minimum atomic E-state index is -1.75. The number of amides is 2. The van der Waals surface area contributed by atoms with Crippen molar-refractivity contribution in [2.45, 2.75) is 58.3 Å². The van der Waals surface area contributed by atoms with E-state index in [1.807, 2.05) is 18.2 Å². The topological polar surface area (TPSA) is 192 Å². The van der Waals surface area contributed by atoms with Crippen LogP contribution in [0.4, 0.5) is 4.79 Å². The Bertz CT molecular complexity index is 438. The molecular formula is C16H32N4O5. The minimum Gasteiger partial charge on any atom is -0.508 e. The van der Waals surface area contributed by atoms with Gasteiger partial charge in [-0.05, 0) is 24.5 Å². The summed E-state index contributed by atoms with van der Waals surface area (Å²) < 4.78 is 0. The van der Waals surface area contributed by atoms with Gasteiger partial charge in [0.25, 0.3) is 0 Å². The van der Waals surface area contributed by atoms with Crippen LogP contribution in [0.2, 0.25) is 0 Å². The van der Waals surface area contributed by atoms with E-state index in [-0.39, 0.29) is 6.15 Å². The Kier molecular flexibility index (Phi) is 21.3. The molecule has 146 valence electrons. The van der Waals surface area contributed by atoms with Crippen LogP contribution >= 0.6 is 0 Å². The molecule has 9 heteroatoms. The lowest BCUT2D eigenvalue weighted by atomic mass is 10.0. The fourth-order valence-corrected chi connectivity index (χ4v) is 1.99. The zero-order valence-corrected chi connectivity index (χ0v) is 15.1. The maximum atomic E-state index is 9.58. The van der Waals surface area contributed by atoms with Crippen LogP contribution in [-0.2, 0) is 6.42 Å². The molecule has 9 N–H and O–H groups in total. The number of unbranched alkanes of at least 4 members (excludes halogenated alkanes) is 6. The number of benzene rings is 1. The lowest BCUT2D eigenvalue weighted by Crippen LogP contribution is -2.18. The van der Waals surface area contributed by atoms with E-state index in [0.29, 0.717) is 5.75 Å². The number of phenols is 1. The Morgan fingerprint density at radius 2 is 1.44 bits per heavy atom. The van der Waals surface area contributed by atoms with Crippen molar-refractivity contribution in [3.8, 4) is 5.75 Å². The van der Waals surface area contributed by atoms with E-state index in [2.05, 4.69) is 18.4 Å². The van der Waals surface area contributed by atoms with Gasteiger partial charge in [0.15, 0.2) is 0 Å². The number of carbonyl (C=O) groups is 1. The third-order valence-electron chi connectivity index (χ3n) is 3.04. The van der Waals surface area contributed by atoms with Crippen molar-refractivity contribution in [1.82, 2.24) is 6.15 Å². The van der Waals surface area contributed by atoms with Gasteiger partial charge in [0, 0.05) is 0 Å². The van der Waals surface area contributed by atoms with Crippen LogP contribution in [0.25, 0.3) is 0 Å². The Balaban J connectivity index is -0.000000454. The molecule has 0 bridgehead atoms. The second-order valence-electron chi connectivity index (χ2n) is 5.13. The number of hydrogen-bond acceptors (Lipinski definition) is 5. The highest BCUT2D eigenvalue weighted by Crippen LogP contribution is 2.18. The van der Waals surface area contributed by atoms with E-state index in [4.69, 9.17) is 20.1 Å². The maximum absolute atomic E-state index is 9.58. The molecule has 0 radical (unpaired) electrons. The van der Waals surface area contributed by atoms with Crippen molar-refractivity contribution in [1.29, 1.82) is 0 Å². The predicted molar refractivity (Wildman–Crippen MR) is 99.9 cm³/mol. The van der Waals surface area contributed by atoms with Crippen LogP contribution in [0.5, 0.6) is 5.75 Å². The van der Waals surface area contributed by atoms with E-state index in [0.717, 1.165) is 12.0 Å². The highest BCUT2D eigenvalue weighted by atomic mass is 16.9. The molecule has 0 atom stereocenters. The van der Waals surface area contributed by atoms with Crippen molar-refractivity contribution in [2.75, 3.05) is 0 Å². The van der Waals surface area contributed by atoms with Gasteiger partial charge in [-0.3, -0.25) is 0 Å². The average Bonchev–Trinajstić information content (AvgIpc) is 2.47. The average molecular weight is 360 g/mol. The molecule has 1 aromatic rings. The van der Waals surface area contributed by atoms with Crippen molar-refractivity contribution >= 4 is 6.03 Å². The van der Waals surface area contributed by atoms with Crippen molar-refractivity contribution in [2.24, 2.45) is 11.5 Å². The van der Waals surface area contributed by atoms with Gasteiger partial charge in [0.1, 0.15) is 5.75 Å². The summed E-state index contributed by atoms with van der Waals surface area (Å²) in [6.07, 6.45) is 10.3. The fourth-order valence-electron chi connectivity index (χ4n) is 1.99. The van der Waals surface area contributed by atoms with Gasteiger partial charge >= 0.3 is 6.03 Å². The van der Waals surface area contributed by atoms with Gasteiger partial charge < -0.3 is 38.0 Å². The number of primary amides is 2. The summed E-state index contributed by atoms with van der Waals surface area (Å²) in [6.45, 7) is 2.25. The van der Waals surface area contributed by atoms with Gasteiger partial charge in [-0.1, -0.05) is 63.6 Å². The Morgan fingerprint density at radius 1 is 1.04 bits per heavy atom. The second kappa shape index (κ2) is 19.5. The number of urea groups is 1. The Labute approximate surface area is 148 Å². The lowest BCUT2D eigenvalue weighted by Gasteiger charge is -2.04. The van der Waals surface area contributed by atoms with Gasteiger partial charge in [-0.15, -0.1) is 0 Å². The summed E-state index contributed by atoms with van der Waals surface area (Å²) in [5.74, 6) is 0.452. The van der Waals surface area contributed by atoms with Crippen LogP contribution in [-0.4, -0.2) is 16.2 Å². The summed E-state index contributed by atoms with van der Waals surface area (Å²) in [7, 11) is 0. The van der Waals surface area contributed by atoms with E-state index >= 15 is 0 Å². The van der Waals surface area contributed by atoms with E-state index < -0.39 is 11.1 Å². The van der Waals surface area contributed by atoms with Crippen LogP contribution < -0.4 is 17.6 Å². The van der Waals surface area contributed by atoms with Crippen LogP contribution in [0.15, 0.2) is 24.3 Å². The number of carbonyl (C=O) groups excluding carboxylic acids is 1. The molecule has 0 aromatic heterocycles. The molecule has 0 aliphatic heterocycles.